The molecule has 1 rings (SSSR count). The van der Waals surface area contributed by atoms with Crippen LogP contribution in [0.5, 0.6) is 5.75 Å². The summed E-state index contributed by atoms with van der Waals surface area (Å²) in [5.41, 5.74) is -1.75. The second kappa shape index (κ2) is 3.87. The average molecular weight is 200 g/mol. The first-order chi connectivity index (χ1) is 6.56. The number of nitriles is 1. The first kappa shape index (κ1) is 10.2. The fraction of sp³-hybridized carbons (Fsp3) is 0.250. The van der Waals surface area contributed by atoms with Crippen LogP contribution in [0.15, 0.2) is 10.9 Å². The zero-order valence-electron chi connectivity index (χ0n) is 6.92. The topological polar surface area (TPSA) is 76.9 Å². The molecule has 0 unspecified atom stereocenters. The Labute approximate surface area is 77.4 Å². The van der Waals surface area contributed by atoms with Crippen molar-refractivity contribution in [2.75, 3.05) is 0 Å². The minimum atomic E-state index is -2.92. The van der Waals surface area contributed by atoms with E-state index in [0.717, 1.165) is 6.07 Å². The van der Waals surface area contributed by atoms with E-state index in [2.05, 4.69) is 0 Å². The fourth-order valence-electron chi connectivity index (χ4n) is 1.04. The van der Waals surface area contributed by atoms with Gasteiger partial charge in [0.15, 0.2) is 0 Å². The summed E-state index contributed by atoms with van der Waals surface area (Å²) in [5, 5.41) is 17.5. The molecule has 2 N–H and O–H groups in total. The van der Waals surface area contributed by atoms with Crippen LogP contribution >= 0.6 is 0 Å². The molecule has 0 fully saturated rings. The molecule has 1 aromatic heterocycles. The highest BCUT2D eigenvalue weighted by Gasteiger charge is 2.17. The zero-order chi connectivity index (χ0) is 10.7. The number of aromatic hydroxyl groups is 1. The lowest BCUT2D eigenvalue weighted by atomic mass is 10.1. The van der Waals surface area contributed by atoms with E-state index in [-0.39, 0.29) is 12.0 Å². The van der Waals surface area contributed by atoms with E-state index in [1.807, 2.05) is 4.98 Å². The molecule has 74 valence electrons. The number of aromatic amines is 1. The summed E-state index contributed by atoms with van der Waals surface area (Å²) in [6.07, 6.45) is -3.29. The lowest BCUT2D eigenvalue weighted by Crippen LogP contribution is -2.11. The van der Waals surface area contributed by atoms with Crippen LogP contribution in [-0.4, -0.2) is 10.1 Å². The number of pyridine rings is 1. The highest BCUT2D eigenvalue weighted by molar-refractivity contribution is 5.37. The Hall–Kier alpha value is -1.90. The SMILES string of the molecule is N#CCc1c(O)cc(=O)[nH]c1C(F)F. The van der Waals surface area contributed by atoms with E-state index in [0.29, 0.717) is 0 Å². The maximum absolute atomic E-state index is 12.3. The van der Waals surface area contributed by atoms with Crippen molar-refractivity contribution in [3.8, 4) is 11.8 Å². The van der Waals surface area contributed by atoms with Crippen LogP contribution in [0.25, 0.3) is 0 Å². The number of H-pyrrole nitrogens is 1. The summed E-state index contributed by atoms with van der Waals surface area (Å²) < 4.78 is 24.6. The number of nitrogens with one attached hydrogen (secondary N) is 1. The summed E-state index contributed by atoms with van der Waals surface area (Å²) in [6.45, 7) is 0. The van der Waals surface area contributed by atoms with Gasteiger partial charge in [0.05, 0.1) is 18.2 Å². The van der Waals surface area contributed by atoms with Gasteiger partial charge >= 0.3 is 0 Å². The highest BCUT2D eigenvalue weighted by Crippen LogP contribution is 2.25. The number of rotatable bonds is 2. The van der Waals surface area contributed by atoms with Gasteiger partial charge in [-0.05, 0) is 0 Å². The maximum atomic E-state index is 12.3. The van der Waals surface area contributed by atoms with Crippen LogP contribution < -0.4 is 5.56 Å². The molecular weight excluding hydrogens is 194 g/mol. The van der Waals surface area contributed by atoms with Gasteiger partial charge in [-0.1, -0.05) is 0 Å². The summed E-state index contributed by atoms with van der Waals surface area (Å²) in [4.78, 5) is 12.6. The van der Waals surface area contributed by atoms with Crippen LogP contribution in [0.1, 0.15) is 17.7 Å². The van der Waals surface area contributed by atoms with Crippen molar-refractivity contribution < 1.29 is 13.9 Å². The van der Waals surface area contributed by atoms with Gasteiger partial charge in [-0.15, -0.1) is 0 Å². The van der Waals surface area contributed by atoms with E-state index in [9.17, 15) is 13.6 Å². The lowest BCUT2D eigenvalue weighted by Gasteiger charge is -2.06. The molecule has 1 aromatic rings. The third-order valence-corrected chi connectivity index (χ3v) is 1.63. The zero-order valence-corrected chi connectivity index (χ0v) is 6.92. The molecule has 0 radical (unpaired) electrons. The van der Waals surface area contributed by atoms with Crippen molar-refractivity contribution in [3.05, 3.63) is 27.7 Å². The highest BCUT2D eigenvalue weighted by atomic mass is 19.3. The molecule has 0 atom stereocenters. The molecule has 0 aliphatic rings. The molecule has 0 aliphatic heterocycles. The Balaban J connectivity index is 3.38. The molecule has 0 saturated carbocycles. The van der Waals surface area contributed by atoms with Gasteiger partial charge in [-0.3, -0.25) is 4.79 Å². The monoisotopic (exact) mass is 200 g/mol. The van der Waals surface area contributed by atoms with Crippen molar-refractivity contribution in [3.63, 3.8) is 0 Å². The Bertz CT molecular complexity index is 434. The van der Waals surface area contributed by atoms with Crippen molar-refractivity contribution >= 4 is 0 Å². The van der Waals surface area contributed by atoms with Crippen molar-refractivity contribution in [2.24, 2.45) is 0 Å². The number of hydrogen-bond donors (Lipinski definition) is 2. The van der Waals surface area contributed by atoms with Gasteiger partial charge in [0.1, 0.15) is 5.75 Å². The van der Waals surface area contributed by atoms with Gasteiger partial charge in [0, 0.05) is 11.6 Å². The molecular formula is C8H6F2N2O2. The molecule has 4 nitrogen and oxygen atoms in total. The van der Waals surface area contributed by atoms with Crippen LogP contribution in [0.2, 0.25) is 0 Å². The molecule has 0 saturated heterocycles. The Kier molecular flexibility index (Phi) is 2.82. The van der Waals surface area contributed by atoms with Crippen molar-refractivity contribution in [2.45, 2.75) is 12.8 Å². The van der Waals surface area contributed by atoms with E-state index in [1.54, 1.807) is 6.07 Å². The molecule has 0 aliphatic carbocycles. The first-order valence-corrected chi connectivity index (χ1v) is 3.66. The van der Waals surface area contributed by atoms with Gasteiger partial charge in [0.25, 0.3) is 12.0 Å². The van der Waals surface area contributed by atoms with E-state index >= 15 is 0 Å². The molecule has 0 aromatic carbocycles. The quantitative estimate of drug-likeness (QED) is 0.749. The predicted molar refractivity (Wildman–Crippen MR) is 43.0 cm³/mol. The summed E-state index contributed by atoms with van der Waals surface area (Å²) >= 11 is 0. The summed E-state index contributed by atoms with van der Waals surface area (Å²) in [6, 6.07) is 2.39. The number of hydrogen-bond acceptors (Lipinski definition) is 3. The second-order valence-electron chi connectivity index (χ2n) is 2.55. The molecule has 14 heavy (non-hydrogen) atoms. The van der Waals surface area contributed by atoms with Gasteiger partial charge < -0.3 is 10.1 Å². The smallest absolute Gasteiger partial charge is 0.278 e. The number of aromatic nitrogens is 1. The van der Waals surface area contributed by atoms with Crippen LogP contribution in [0.3, 0.4) is 0 Å². The van der Waals surface area contributed by atoms with Gasteiger partial charge in [0.2, 0.25) is 0 Å². The first-order valence-electron chi connectivity index (χ1n) is 3.66. The molecule has 0 amide bonds. The molecule has 0 bridgehead atoms. The number of nitrogens with zero attached hydrogens (tertiary/aromatic N) is 1. The van der Waals surface area contributed by atoms with E-state index < -0.39 is 23.4 Å². The largest absolute Gasteiger partial charge is 0.507 e. The molecule has 6 heteroatoms. The summed E-state index contributed by atoms with van der Waals surface area (Å²) in [7, 11) is 0. The fourth-order valence-corrected chi connectivity index (χ4v) is 1.04. The maximum Gasteiger partial charge on any atom is 0.278 e. The van der Waals surface area contributed by atoms with Crippen molar-refractivity contribution in [1.82, 2.24) is 4.98 Å². The molecule has 0 spiro atoms. The Morgan fingerprint density at radius 3 is 2.79 bits per heavy atom. The minimum Gasteiger partial charge on any atom is -0.507 e. The standard InChI is InChI=1S/C8H6F2N2O2/c9-8(10)7-4(1-2-11)5(13)3-6(14)12-7/h3,8H,1H2,(H2,12,13,14). The number of halogens is 2. The third kappa shape index (κ3) is 1.88. The van der Waals surface area contributed by atoms with E-state index in [4.69, 9.17) is 10.4 Å². The average Bonchev–Trinajstić information content (AvgIpc) is 2.09. The van der Waals surface area contributed by atoms with Crippen LogP contribution in [0, 0.1) is 11.3 Å². The lowest BCUT2D eigenvalue weighted by molar-refractivity contribution is 0.144. The number of alkyl halides is 2. The minimum absolute atomic E-state index is 0.234. The van der Waals surface area contributed by atoms with Crippen molar-refractivity contribution in [1.29, 1.82) is 5.26 Å². The van der Waals surface area contributed by atoms with Gasteiger partial charge in [-0.25, -0.2) is 8.78 Å². The Morgan fingerprint density at radius 1 is 1.64 bits per heavy atom. The third-order valence-electron chi connectivity index (χ3n) is 1.63. The van der Waals surface area contributed by atoms with Crippen LogP contribution in [-0.2, 0) is 6.42 Å². The normalized spacial score (nSPS) is 10.1. The molecule has 1 heterocycles. The Morgan fingerprint density at radius 2 is 2.29 bits per heavy atom. The van der Waals surface area contributed by atoms with Crippen LogP contribution in [0.4, 0.5) is 8.78 Å². The predicted octanol–water partition coefficient (Wildman–Crippen LogP) is 1.08. The summed E-state index contributed by atoms with van der Waals surface area (Å²) in [5.74, 6) is -0.578. The van der Waals surface area contributed by atoms with E-state index in [1.165, 1.54) is 0 Å². The second-order valence-corrected chi connectivity index (χ2v) is 2.55. The van der Waals surface area contributed by atoms with Gasteiger partial charge in [-0.2, -0.15) is 5.26 Å².